The van der Waals surface area contributed by atoms with E-state index in [0.29, 0.717) is 0 Å². The number of rotatable bonds is 8. The molecule has 0 spiro atoms. The Hall–Kier alpha value is -2.23. The molecule has 1 amide bonds. The highest BCUT2D eigenvalue weighted by Gasteiger charge is 2.30. The Bertz CT molecular complexity index is 1080. The van der Waals surface area contributed by atoms with Crippen LogP contribution < -0.4 is 10.0 Å². The Balaban J connectivity index is 1.79. The van der Waals surface area contributed by atoms with Gasteiger partial charge in [-0.15, -0.1) is 0 Å². The molecule has 29 heavy (non-hydrogen) atoms. The van der Waals surface area contributed by atoms with Crippen LogP contribution in [0.3, 0.4) is 0 Å². The maximum atomic E-state index is 12.9. The number of hydrogen-bond donors (Lipinski definition) is 2. The number of amides is 1. The molecule has 2 N–H and O–H groups in total. The Morgan fingerprint density at radius 1 is 1.03 bits per heavy atom. The first-order valence-electron chi connectivity index (χ1n) is 9.29. The molecule has 2 aromatic rings. The molecule has 0 aliphatic heterocycles. The fourth-order valence-corrected chi connectivity index (χ4v) is 5.32. The highest BCUT2D eigenvalue weighted by atomic mass is 32.2. The molecular formula is C20H24N2O5S2. The van der Waals surface area contributed by atoms with Gasteiger partial charge in [-0.3, -0.25) is 4.79 Å². The second kappa shape index (κ2) is 8.64. The van der Waals surface area contributed by atoms with E-state index in [4.69, 9.17) is 0 Å². The van der Waals surface area contributed by atoms with E-state index in [1.54, 1.807) is 18.2 Å². The lowest BCUT2D eigenvalue weighted by molar-refractivity contribution is -0.123. The van der Waals surface area contributed by atoms with Gasteiger partial charge in [-0.1, -0.05) is 42.5 Å². The number of carbonyl (C=O) groups is 1. The summed E-state index contributed by atoms with van der Waals surface area (Å²) in [5.74, 6) is -0.834. The van der Waals surface area contributed by atoms with Gasteiger partial charge in [0.2, 0.25) is 15.9 Å². The molecule has 0 radical (unpaired) electrons. The fraction of sp³-hybridized carbons (Fsp3) is 0.350. The minimum Gasteiger partial charge on any atom is -0.348 e. The van der Waals surface area contributed by atoms with E-state index >= 15 is 0 Å². The van der Waals surface area contributed by atoms with Gasteiger partial charge in [0.15, 0.2) is 0 Å². The van der Waals surface area contributed by atoms with Crippen molar-refractivity contribution in [2.45, 2.75) is 36.2 Å². The number of nitrogens with one attached hydrogen (secondary N) is 2. The van der Waals surface area contributed by atoms with E-state index in [0.717, 1.165) is 30.2 Å². The molecule has 2 aromatic carbocycles. The number of hydrogen-bond acceptors (Lipinski definition) is 5. The van der Waals surface area contributed by atoms with Crippen molar-refractivity contribution in [2.24, 2.45) is 0 Å². The molecule has 0 bridgehead atoms. The molecule has 0 unspecified atom stereocenters. The minimum absolute atomic E-state index is 0.0170. The molecule has 0 fully saturated rings. The minimum atomic E-state index is -3.97. The average Bonchev–Trinajstić information content (AvgIpc) is 3.08. The lowest BCUT2D eigenvalue weighted by Crippen LogP contribution is -2.48. The summed E-state index contributed by atoms with van der Waals surface area (Å²) in [5.41, 5.74) is 2.16. The van der Waals surface area contributed by atoms with Crippen molar-refractivity contribution in [3.63, 3.8) is 0 Å². The van der Waals surface area contributed by atoms with Crippen molar-refractivity contribution < 1.29 is 21.6 Å². The lowest BCUT2D eigenvalue weighted by Gasteiger charge is -2.21. The van der Waals surface area contributed by atoms with E-state index in [9.17, 15) is 21.6 Å². The third-order valence-electron chi connectivity index (χ3n) is 4.89. The highest BCUT2D eigenvalue weighted by Crippen LogP contribution is 2.30. The van der Waals surface area contributed by atoms with Gasteiger partial charge in [0.05, 0.1) is 16.7 Å². The van der Waals surface area contributed by atoms with Crippen molar-refractivity contribution in [3.05, 3.63) is 65.7 Å². The number of sulfone groups is 1. The number of aryl methyl sites for hydroxylation is 1. The summed E-state index contributed by atoms with van der Waals surface area (Å²) in [5, 5.41) is 2.88. The molecule has 1 aliphatic rings. The standard InChI is InChI=1S/C20H24N2O5S2/c1-28(24,25)14-13-19(22-29(26,27)16-8-3-2-4-9-16)20(23)21-18-12-11-15-7-5-6-10-17(15)18/h2-10,18-19,22H,11-14H2,1H3,(H,21,23)/t18-,19-/m0/s1. The summed E-state index contributed by atoms with van der Waals surface area (Å²) < 4.78 is 50.9. The van der Waals surface area contributed by atoms with Gasteiger partial charge in [-0.25, -0.2) is 16.8 Å². The van der Waals surface area contributed by atoms with Gasteiger partial charge in [-0.2, -0.15) is 4.72 Å². The first kappa shape index (κ1) is 21.5. The number of carbonyl (C=O) groups excluding carboxylic acids is 1. The van der Waals surface area contributed by atoms with E-state index < -0.39 is 31.8 Å². The Morgan fingerprint density at radius 3 is 2.38 bits per heavy atom. The molecular weight excluding hydrogens is 412 g/mol. The van der Waals surface area contributed by atoms with E-state index in [1.807, 2.05) is 24.3 Å². The van der Waals surface area contributed by atoms with Crippen LogP contribution in [0.5, 0.6) is 0 Å². The molecule has 0 saturated heterocycles. The monoisotopic (exact) mass is 436 g/mol. The van der Waals surface area contributed by atoms with Crippen molar-refractivity contribution in [2.75, 3.05) is 12.0 Å². The van der Waals surface area contributed by atoms with Crippen LogP contribution in [0, 0.1) is 0 Å². The first-order valence-corrected chi connectivity index (χ1v) is 12.8. The van der Waals surface area contributed by atoms with Crippen LogP contribution in [0.15, 0.2) is 59.5 Å². The zero-order chi connectivity index (χ0) is 21.1. The Labute approximate surface area is 171 Å². The second-order valence-corrected chi connectivity index (χ2v) is 11.2. The van der Waals surface area contributed by atoms with Crippen LogP contribution in [0.4, 0.5) is 0 Å². The zero-order valence-corrected chi connectivity index (χ0v) is 17.7. The van der Waals surface area contributed by atoms with Crippen LogP contribution in [0.1, 0.15) is 30.0 Å². The molecule has 9 heteroatoms. The van der Waals surface area contributed by atoms with Crippen LogP contribution in [0.2, 0.25) is 0 Å². The van der Waals surface area contributed by atoms with Gasteiger partial charge < -0.3 is 5.32 Å². The van der Waals surface area contributed by atoms with Gasteiger partial charge in [0.25, 0.3) is 0 Å². The van der Waals surface area contributed by atoms with Crippen LogP contribution in [0.25, 0.3) is 0 Å². The number of fused-ring (bicyclic) bond motifs is 1. The summed E-state index contributed by atoms with van der Waals surface area (Å²) >= 11 is 0. The highest BCUT2D eigenvalue weighted by molar-refractivity contribution is 7.90. The maximum Gasteiger partial charge on any atom is 0.241 e. The van der Waals surface area contributed by atoms with Crippen LogP contribution in [-0.2, 0) is 31.1 Å². The van der Waals surface area contributed by atoms with Crippen molar-refractivity contribution >= 4 is 25.8 Å². The van der Waals surface area contributed by atoms with Gasteiger partial charge in [0.1, 0.15) is 15.9 Å². The van der Waals surface area contributed by atoms with Crippen LogP contribution in [-0.4, -0.2) is 40.8 Å². The Morgan fingerprint density at radius 2 is 1.69 bits per heavy atom. The quantitative estimate of drug-likeness (QED) is 0.653. The van der Waals surface area contributed by atoms with Gasteiger partial charge in [0, 0.05) is 6.26 Å². The summed E-state index contributed by atoms with van der Waals surface area (Å²) in [6.45, 7) is 0. The van der Waals surface area contributed by atoms with E-state index in [2.05, 4.69) is 10.0 Å². The van der Waals surface area contributed by atoms with Crippen molar-refractivity contribution in [1.82, 2.24) is 10.0 Å². The summed E-state index contributed by atoms with van der Waals surface area (Å²) in [7, 11) is -7.34. The first-order chi connectivity index (χ1) is 13.7. The molecule has 0 heterocycles. The molecule has 0 aromatic heterocycles. The van der Waals surface area contributed by atoms with E-state index in [-0.39, 0.29) is 23.1 Å². The molecule has 1 aliphatic carbocycles. The maximum absolute atomic E-state index is 12.9. The predicted molar refractivity (Wildman–Crippen MR) is 111 cm³/mol. The lowest BCUT2D eigenvalue weighted by atomic mass is 10.1. The van der Waals surface area contributed by atoms with Gasteiger partial charge >= 0.3 is 0 Å². The van der Waals surface area contributed by atoms with Gasteiger partial charge in [-0.05, 0) is 42.5 Å². The second-order valence-electron chi connectivity index (χ2n) is 7.20. The topological polar surface area (TPSA) is 109 Å². The summed E-state index contributed by atoms with van der Waals surface area (Å²) in [6, 6.07) is 14.0. The van der Waals surface area contributed by atoms with Crippen molar-refractivity contribution in [3.8, 4) is 0 Å². The van der Waals surface area contributed by atoms with E-state index in [1.165, 1.54) is 12.1 Å². The predicted octanol–water partition coefficient (Wildman–Crippen LogP) is 1.57. The third-order valence-corrected chi connectivity index (χ3v) is 7.36. The normalized spacial score (nSPS) is 17.5. The largest absolute Gasteiger partial charge is 0.348 e. The molecule has 0 saturated carbocycles. The number of benzene rings is 2. The molecule has 7 nitrogen and oxygen atoms in total. The molecule has 2 atom stereocenters. The Kier molecular flexibility index (Phi) is 6.40. The third kappa shape index (κ3) is 5.65. The fourth-order valence-electron chi connectivity index (χ4n) is 3.41. The van der Waals surface area contributed by atoms with Crippen LogP contribution >= 0.6 is 0 Å². The molecule has 156 valence electrons. The van der Waals surface area contributed by atoms with Crippen molar-refractivity contribution in [1.29, 1.82) is 0 Å². The zero-order valence-electron chi connectivity index (χ0n) is 16.0. The molecule has 3 rings (SSSR count). The average molecular weight is 437 g/mol. The SMILES string of the molecule is CS(=O)(=O)CC[C@H](NS(=O)(=O)c1ccccc1)C(=O)N[C@H]1CCc2ccccc21. The number of sulfonamides is 1. The smallest absolute Gasteiger partial charge is 0.241 e. The summed E-state index contributed by atoms with van der Waals surface area (Å²) in [6.07, 6.45) is 2.45. The summed E-state index contributed by atoms with van der Waals surface area (Å²) in [4.78, 5) is 12.9.